The lowest BCUT2D eigenvalue weighted by molar-refractivity contribution is -0.134. The van der Waals surface area contributed by atoms with Gasteiger partial charge in [0.25, 0.3) is 0 Å². The molecular formula is C16H20Cl2N2O2. The molecule has 0 saturated heterocycles. The van der Waals surface area contributed by atoms with Crippen molar-refractivity contribution in [2.45, 2.75) is 39.0 Å². The van der Waals surface area contributed by atoms with Crippen LogP contribution in [0.5, 0.6) is 0 Å². The fourth-order valence-electron chi connectivity index (χ4n) is 2.28. The van der Waals surface area contributed by atoms with Crippen LogP contribution in [-0.4, -0.2) is 18.4 Å². The standard InChI is InChI=1S/C16H20Cl2N2O2/c1-2-3-4-10-19-14(21)16(8-9-16)15(22)20-13-11(17)6-5-7-12(13)18/h5-7H,2-4,8-10H2,1H3,(H,19,21)(H,20,22). The highest BCUT2D eigenvalue weighted by Crippen LogP contribution is 2.47. The first kappa shape index (κ1) is 17.1. The van der Waals surface area contributed by atoms with Gasteiger partial charge in [0.1, 0.15) is 5.41 Å². The Morgan fingerprint density at radius 2 is 1.77 bits per heavy atom. The second-order valence-electron chi connectivity index (χ2n) is 5.60. The summed E-state index contributed by atoms with van der Waals surface area (Å²) in [6.45, 7) is 2.71. The first-order valence-corrected chi connectivity index (χ1v) is 8.30. The Kier molecular flexibility index (Phi) is 5.70. The van der Waals surface area contributed by atoms with E-state index in [1.54, 1.807) is 18.2 Å². The highest BCUT2D eigenvalue weighted by Gasteiger charge is 2.56. The Morgan fingerprint density at radius 1 is 1.14 bits per heavy atom. The Bertz CT molecular complexity index is 551. The average molecular weight is 343 g/mol. The lowest BCUT2D eigenvalue weighted by atomic mass is 10.0. The molecule has 1 saturated carbocycles. The minimum atomic E-state index is -0.964. The molecule has 0 spiro atoms. The van der Waals surface area contributed by atoms with E-state index in [-0.39, 0.29) is 11.8 Å². The molecule has 0 aromatic heterocycles. The van der Waals surface area contributed by atoms with Crippen LogP contribution in [0.25, 0.3) is 0 Å². The van der Waals surface area contributed by atoms with Crippen molar-refractivity contribution in [3.05, 3.63) is 28.2 Å². The molecule has 4 nitrogen and oxygen atoms in total. The van der Waals surface area contributed by atoms with E-state index >= 15 is 0 Å². The second kappa shape index (κ2) is 7.34. The summed E-state index contributed by atoms with van der Waals surface area (Å²) in [4.78, 5) is 24.7. The minimum Gasteiger partial charge on any atom is -0.355 e. The number of rotatable bonds is 7. The molecular weight excluding hydrogens is 323 g/mol. The van der Waals surface area contributed by atoms with Gasteiger partial charge in [-0.1, -0.05) is 49.0 Å². The van der Waals surface area contributed by atoms with E-state index in [0.717, 1.165) is 19.3 Å². The summed E-state index contributed by atoms with van der Waals surface area (Å²) in [7, 11) is 0. The molecule has 1 fully saturated rings. The third-order valence-electron chi connectivity index (χ3n) is 3.89. The number of halogens is 2. The molecule has 2 N–H and O–H groups in total. The largest absolute Gasteiger partial charge is 0.355 e. The van der Waals surface area contributed by atoms with Crippen LogP contribution >= 0.6 is 23.2 Å². The van der Waals surface area contributed by atoms with E-state index in [2.05, 4.69) is 17.6 Å². The number of nitrogens with one attached hydrogen (secondary N) is 2. The van der Waals surface area contributed by atoms with Crippen LogP contribution in [0.3, 0.4) is 0 Å². The van der Waals surface area contributed by atoms with Crippen molar-refractivity contribution in [2.24, 2.45) is 5.41 Å². The second-order valence-corrected chi connectivity index (χ2v) is 6.41. The first-order chi connectivity index (χ1) is 10.5. The molecule has 1 aliphatic rings. The summed E-state index contributed by atoms with van der Waals surface area (Å²) in [5.41, 5.74) is -0.602. The summed E-state index contributed by atoms with van der Waals surface area (Å²) in [5.74, 6) is -0.542. The van der Waals surface area contributed by atoms with Gasteiger partial charge in [0.2, 0.25) is 11.8 Å². The van der Waals surface area contributed by atoms with Crippen molar-refractivity contribution < 1.29 is 9.59 Å². The number of unbranched alkanes of at least 4 members (excludes halogenated alkanes) is 2. The van der Waals surface area contributed by atoms with Gasteiger partial charge in [0.05, 0.1) is 15.7 Å². The lowest BCUT2D eigenvalue weighted by Crippen LogP contribution is -2.40. The van der Waals surface area contributed by atoms with Crippen molar-refractivity contribution in [3.63, 3.8) is 0 Å². The Balaban J connectivity index is 1.98. The summed E-state index contributed by atoms with van der Waals surface area (Å²) >= 11 is 12.1. The highest BCUT2D eigenvalue weighted by molar-refractivity contribution is 6.40. The van der Waals surface area contributed by atoms with Crippen LogP contribution in [0.15, 0.2) is 18.2 Å². The fourth-order valence-corrected chi connectivity index (χ4v) is 2.77. The van der Waals surface area contributed by atoms with Crippen molar-refractivity contribution in [1.29, 1.82) is 0 Å². The Labute approximate surface area is 140 Å². The molecule has 0 atom stereocenters. The van der Waals surface area contributed by atoms with Crippen molar-refractivity contribution in [1.82, 2.24) is 5.32 Å². The zero-order valence-electron chi connectivity index (χ0n) is 12.5. The van der Waals surface area contributed by atoms with Crippen LogP contribution in [-0.2, 0) is 9.59 Å². The molecule has 0 aliphatic heterocycles. The fraction of sp³-hybridized carbons (Fsp3) is 0.500. The highest BCUT2D eigenvalue weighted by atomic mass is 35.5. The summed E-state index contributed by atoms with van der Waals surface area (Å²) in [5, 5.41) is 6.27. The third kappa shape index (κ3) is 3.73. The van der Waals surface area contributed by atoms with Crippen molar-refractivity contribution >= 4 is 40.7 Å². The quantitative estimate of drug-likeness (QED) is 0.580. The molecule has 22 heavy (non-hydrogen) atoms. The van der Waals surface area contributed by atoms with Gasteiger partial charge >= 0.3 is 0 Å². The predicted molar refractivity (Wildman–Crippen MR) is 89.3 cm³/mol. The number of benzene rings is 1. The molecule has 2 rings (SSSR count). The molecule has 0 heterocycles. The van der Waals surface area contributed by atoms with E-state index in [1.165, 1.54) is 0 Å². The molecule has 0 bridgehead atoms. The van der Waals surface area contributed by atoms with Gasteiger partial charge in [-0.15, -0.1) is 0 Å². The zero-order chi connectivity index (χ0) is 16.2. The number of carbonyl (C=O) groups is 2. The molecule has 0 radical (unpaired) electrons. The van der Waals surface area contributed by atoms with E-state index in [4.69, 9.17) is 23.2 Å². The summed E-state index contributed by atoms with van der Waals surface area (Å²) in [6.07, 6.45) is 4.19. The van der Waals surface area contributed by atoms with Crippen molar-refractivity contribution in [2.75, 3.05) is 11.9 Å². The number of amides is 2. The Hall–Kier alpha value is -1.26. The van der Waals surface area contributed by atoms with Gasteiger partial charge < -0.3 is 10.6 Å². The van der Waals surface area contributed by atoms with Crippen LogP contribution < -0.4 is 10.6 Å². The molecule has 120 valence electrons. The van der Waals surface area contributed by atoms with Gasteiger partial charge in [-0.25, -0.2) is 0 Å². The van der Waals surface area contributed by atoms with Crippen molar-refractivity contribution in [3.8, 4) is 0 Å². The van der Waals surface area contributed by atoms with Gasteiger partial charge in [-0.05, 0) is 31.4 Å². The van der Waals surface area contributed by atoms with Crippen LogP contribution in [0.2, 0.25) is 10.0 Å². The molecule has 1 aliphatic carbocycles. The average Bonchev–Trinajstić information content (AvgIpc) is 3.29. The number of anilines is 1. The molecule has 1 aromatic rings. The van der Waals surface area contributed by atoms with Gasteiger partial charge in [-0.3, -0.25) is 9.59 Å². The first-order valence-electron chi connectivity index (χ1n) is 7.55. The van der Waals surface area contributed by atoms with E-state index in [0.29, 0.717) is 35.1 Å². The predicted octanol–water partition coefficient (Wildman–Crippen LogP) is 4.02. The molecule has 6 heteroatoms. The maximum Gasteiger partial charge on any atom is 0.240 e. The third-order valence-corrected chi connectivity index (χ3v) is 4.52. The minimum absolute atomic E-state index is 0.204. The number of hydrogen-bond acceptors (Lipinski definition) is 2. The number of para-hydroxylation sites is 1. The normalized spacial score (nSPS) is 15.2. The van der Waals surface area contributed by atoms with Gasteiger partial charge in [-0.2, -0.15) is 0 Å². The molecule has 1 aromatic carbocycles. The van der Waals surface area contributed by atoms with Crippen LogP contribution in [0, 0.1) is 5.41 Å². The smallest absolute Gasteiger partial charge is 0.240 e. The zero-order valence-corrected chi connectivity index (χ0v) is 14.1. The van der Waals surface area contributed by atoms with E-state index in [9.17, 15) is 9.59 Å². The van der Waals surface area contributed by atoms with Crippen LogP contribution in [0.1, 0.15) is 39.0 Å². The number of carbonyl (C=O) groups excluding carboxylic acids is 2. The summed E-state index contributed by atoms with van der Waals surface area (Å²) in [6, 6.07) is 4.99. The lowest BCUT2D eigenvalue weighted by Gasteiger charge is -2.16. The molecule has 2 amide bonds. The maximum atomic E-state index is 12.4. The topological polar surface area (TPSA) is 58.2 Å². The maximum absolute atomic E-state index is 12.4. The summed E-state index contributed by atoms with van der Waals surface area (Å²) < 4.78 is 0. The van der Waals surface area contributed by atoms with Crippen LogP contribution in [0.4, 0.5) is 5.69 Å². The molecule has 0 unspecified atom stereocenters. The SMILES string of the molecule is CCCCCNC(=O)C1(C(=O)Nc2c(Cl)cccc2Cl)CC1. The monoisotopic (exact) mass is 342 g/mol. The van der Waals surface area contributed by atoms with Gasteiger partial charge in [0, 0.05) is 6.54 Å². The van der Waals surface area contributed by atoms with Gasteiger partial charge in [0.15, 0.2) is 0 Å². The van der Waals surface area contributed by atoms with E-state index in [1.807, 2.05) is 0 Å². The van der Waals surface area contributed by atoms with E-state index < -0.39 is 5.41 Å². The number of hydrogen-bond donors (Lipinski definition) is 2. The Morgan fingerprint density at radius 3 is 2.32 bits per heavy atom.